The molecule has 0 spiro atoms. The molecule has 0 saturated carbocycles. The van der Waals surface area contributed by atoms with Crippen molar-refractivity contribution < 1.29 is 19.1 Å². The van der Waals surface area contributed by atoms with Crippen LogP contribution in [0.25, 0.3) is 6.08 Å². The van der Waals surface area contributed by atoms with Crippen molar-refractivity contribution in [1.82, 2.24) is 10.2 Å². The zero-order valence-electron chi connectivity index (χ0n) is 24.1. The minimum absolute atomic E-state index is 0.240. The van der Waals surface area contributed by atoms with Crippen LogP contribution in [-0.2, 0) is 14.3 Å². The topological polar surface area (TPSA) is 87.7 Å². The minimum Gasteiger partial charge on any atom is -0.444 e. The maximum Gasteiger partial charge on any atom is 0.408 e. The Bertz CT molecular complexity index is 1130. The van der Waals surface area contributed by atoms with Crippen LogP contribution in [0.3, 0.4) is 0 Å². The van der Waals surface area contributed by atoms with E-state index < -0.39 is 23.8 Å². The molecule has 0 aliphatic carbocycles. The Labute approximate surface area is 227 Å². The summed E-state index contributed by atoms with van der Waals surface area (Å²) in [5, 5.41) is 5.82. The fourth-order valence-electron chi connectivity index (χ4n) is 4.27. The first-order valence-corrected chi connectivity index (χ1v) is 13.2. The van der Waals surface area contributed by atoms with Gasteiger partial charge in [-0.25, -0.2) is 4.79 Å². The molecule has 0 aliphatic heterocycles. The van der Waals surface area contributed by atoms with Crippen molar-refractivity contribution in [1.29, 1.82) is 0 Å². The first-order valence-electron chi connectivity index (χ1n) is 13.2. The number of amides is 3. The summed E-state index contributed by atoms with van der Waals surface area (Å²) in [6.07, 6.45) is 1.65. The summed E-state index contributed by atoms with van der Waals surface area (Å²) in [5.74, 6) is -0.917. The lowest BCUT2D eigenvalue weighted by Crippen LogP contribution is -2.54. The maximum absolute atomic E-state index is 14.1. The Morgan fingerprint density at radius 3 is 2.18 bits per heavy atom. The molecule has 0 aliphatic rings. The molecule has 0 radical (unpaired) electrons. The average molecular weight is 522 g/mol. The molecule has 2 unspecified atom stereocenters. The molecular weight excluding hydrogens is 478 g/mol. The van der Waals surface area contributed by atoms with Gasteiger partial charge in [0.25, 0.3) is 5.91 Å². The second kappa shape index (κ2) is 13.3. The molecule has 0 aromatic heterocycles. The van der Waals surface area contributed by atoms with Gasteiger partial charge < -0.3 is 20.3 Å². The molecular formula is C31H43N3O4. The second-order valence-corrected chi connectivity index (χ2v) is 10.9. The fourth-order valence-corrected chi connectivity index (χ4v) is 4.27. The van der Waals surface area contributed by atoms with E-state index in [9.17, 15) is 14.4 Å². The number of ether oxygens (including phenoxy) is 1. The first-order chi connectivity index (χ1) is 17.8. The molecule has 2 aromatic carbocycles. The van der Waals surface area contributed by atoms with Crippen molar-refractivity contribution in [2.75, 3.05) is 11.9 Å². The lowest BCUT2D eigenvalue weighted by molar-refractivity contribution is -0.141. The largest absolute Gasteiger partial charge is 0.444 e. The van der Waals surface area contributed by atoms with Crippen LogP contribution in [0.5, 0.6) is 0 Å². The van der Waals surface area contributed by atoms with Gasteiger partial charge in [0.1, 0.15) is 17.7 Å². The van der Waals surface area contributed by atoms with E-state index in [0.717, 1.165) is 22.4 Å². The zero-order valence-corrected chi connectivity index (χ0v) is 24.1. The van der Waals surface area contributed by atoms with E-state index in [2.05, 4.69) is 17.2 Å². The Kier molecular flexibility index (Phi) is 10.7. The summed E-state index contributed by atoms with van der Waals surface area (Å²) >= 11 is 0. The van der Waals surface area contributed by atoms with E-state index in [1.165, 1.54) is 0 Å². The van der Waals surface area contributed by atoms with E-state index in [1.807, 2.05) is 77.1 Å². The van der Waals surface area contributed by atoms with Gasteiger partial charge in [-0.1, -0.05) is 69.8 Å². The van der Waals surface area contributed by atoms with Gasteiger partial charge in [-0.05, 0) is 75.3 Å². The van der Waals surface area contributed by atoms with Gasteiger partial charge in [-0.15, -0.1) is 0 Å². The summed E-state index contributed by atoms with van der Waals surface area (Å²) in [5.41, 5.74) is 3.36. The molecule has 7 heteroatoms. The van der Waals surface area contributed by atoms with Crippen LogP contribution in [-0.4, -0.2) is 41.0 Å². The summed E-state index contributed by atoms with van der Waals surface area (Å²) in [6, 6.07) is 11.4. The highest BCUT2D eigenvalue weighted by molar-refractivity contribution is 6.00. The number of anilines is 1. The predicted molar refractivity (Wildman–Crippen MR) is 154 cm³/mol. The van der Waals surface area contributed by atoms with Gasteiger partial charge >= 0.3 is 6.09 Å². The normalized spacial score (nSPS) is 12.9. The highest BCUT2D eigenvalue weighted by Crippen LogP contribution is 2.28. The number of carbonyl (C=O) groups excluding carboxylic acids is 3. The number of hydrogen-bond acceptors (Lipinski definition) is 4. The van der Waals surface area contributed by atoms with Gasteiger partial charge in [-0.3, -0.25) is 9.59 Å². The third-order valence-electron chi connectivity index (χ3n) is 6.10. The number of rotatable bonds is 10. The van der Waals surface area contributed by atoms with E-state index in [0.29, 0.717) is 18.5 Å². The van der Waals surface area contributed by atoms with Crippen LogP contribution in [0, 0.1) is 19.8 Å². The predicted octanol–water partition coefficient (Wildman–Crippen LogP) is 6.41. The van der Waals surface area contributed by atoms with Crippen LogP contribution in [0.2, 0.25) is 0 Å². The van der Waals surface area contributed by atoms with E-state index in [-0.39, 0.29) is 17.7 Å². The minimum atomic E-state index is -0.928. The van der Waals surface area contributed by atoms with Crippen LogP contribution in [0.15, 0.2) is 49.0 Å². The molecule has 2 N–H and O–H groups in total. The molecule has 206 valence electrons. The third kappa shape index (κ3) is 8.20. The molecule has 2 rings (SSSR count). The summed E-state index contributed by atoms with van der Waals surface area (Å²) in [6.45, 7) is 19.0. The summed E-state index contributed by atoms with van der Waals surface area (Å²) in [7, 11) is 0. The number of carbonyl (C=O) groups is 3. The van der Waals surface area contributed by atoms with Crippen molar-refractivity contribution in [3.8, 4) is 0 Å². The molecule has 0 heterocycles. The monoisotopic (exact) mass is 521 g/mol. The molecule has 38 heavy (non-hydrogen) atoms. The van der Waals surface area contributed by atoms with Crippen molar-refractivity contribution in [2.24, 2.45) is 5.92 Å². The van der Waals surface area contributed by atoms with Crippen LogP contribution in [0.4, 0.5) is 10.5 Å². The van der Waals surface area contributed by atoms with Crippen LogP contribution in [0.1, 0.15) is 76.3 Å². The number of aryl methyl sites for hydroxylation is 2. The maximum atomic E-state index is 14.1. The lowest BCUT2D eigenvalue weighted by Gasteiger charge is -2.35. The Morgan fingerprint density at radius 1 is 1.05 bits per heavy atom. The Balaban J connectivity index is 2.57. The first kappa shape index (κ1) is 30.6. The van der Waals surface area contributed by atoms with E-state index >= 15 is 0 Å². The van der Waals surface area contributed by atoms with Gasteiger partial charge in [0.2, 0.25) is 5.91 Å². The molecule has 7 nitrogen and oxygen atoms in total. The molecule has 0 fully saturated rings. The van der Waals surface area contributed by atoms with Crippen molar-refractivity contribution in [2.45, 2.75) is 79.5 Å². The van der Waals surface area contributed by atoms with E-state index in [4.69, 9.17) is 4.74 Å². The smallest absolute Gasteiger partial charge is 0.408 e. The molecule has 0 saturated heterocycles. The molecule has 2 atom stereocenters. The highest BCUT2D eigenvalue weighted by atomic mass is 16.6. The number of para-hydroxylation sites is 1. The summed E-state index contributed by atoms with van der Waals surface area (Å²) in [4.78, 5) is 42.3. The number of nitrogens with zero attached hydrogens (tertiary/aromatic N) is 1. The van der Waals surface area contributed by atoms with Gasteiger partial charge in [0.15, 0.2) is 0 Å². The van der Waals surface area contributed by atoms with E-state index in [1.54, 1.807) is 31.7 Å². The Morgan fingerprint density at radius 2 is 1.66 bits per heavy atom. The summed E-state index contributed by atoms with van der Waals surface area (Å²) < 4.78 is 5.43. The average Bonchev–Trinajstić information content (AvgIpc) is 2.83. The SMILES string of the molecule is C=Cc1cccc(C(C(=O)Nc2c(C)cccc2C)N(CCC)C(=O)C(NC(=O)OC(C)(C)C)C(C)C)c1. The van der Waals surface area contributed by atoms with Gasteiger partial charge in [0, 0.05) is 12.2 Å². The third-order valence-corrected chi connectivity index (χ3v) is 6.10. The van der Waals surface area contributed by atoms with Gasteiger partial charge in [0.05, 0.1) is 0 Å². The number of benzene rings is 2. The quantitative estimate of drug-likeness (QED) is 0.378. The number of nitrogens with one attached hydrogen (secondary N) is 2. The van der Waals surface area contributed by atoms with Gasteiger partial charge in [-0.2, -0.15) is 0 Å². The van der Waals surface area contributed by atoms with Crippen molar-refractivity contribution in [3.05, 3.63) is 71.3 Å². The number of hydrogen-bond donors (Lipinski definition) is 2. The molecule has 2 aromatic rings. The van der Waals surface area contributed by atoms with Crippen molar-refractivity contribution in [3.63, 3.8) is 0 Å². The highest BCUT2D eigenvalue weighted by Gasteiger charge is 2.37. The zero-order chi connectivity index (χ0) is 28.6. The van der Waals surface area contributed by atoms with Crippen LogP contribution < -0.4 is 10.6 Å². The molecule has 0 bridgehead atoms. The Hall–Kier alpha value is -3.61. The standard InChI is InChI=1S/C31H43N3O4/c1-10-18-34(29(36)25(20(3)4)33-30(37)38-31(7,8)9)27(24-17-13-16-23(11-2)19-24)28(35)32-26-21(5)14-12-15-22(26)6/h11-17,19-20,25,27H,2,10,18H2,1,3-9H3,(H,32,35)(H,33,37). The number of alkyl carbamates (subject to hydrolysis) is 1. The van der Waals surface area contributed by atoms with Crippen molar-refractivity contribution >= 4 is 29.7 Å². The fraction of sp³-hybridized carbons (Fsp3) is 0.452. The van der Waals surface area contributed by atoms with Crippen LogP contribution >= 0.6 is 0 Å². The lowest BCUT2D eigenvalue weighted by atomic mass is 9.97. The molecule has 3 amide bonds. The second-order valence-electron chi connectivity index (χ2n) is 10.9.